The maximum atomic E-state index is 5.96. The number of halogens is 1. The zero-order valence-electron chi connectivity index (χ0n) is 9.37. The highest BCUT2D eigenvalue weighted by Crippen LogP contribution is 2.22. The van der Waals surface area contributed by atoms with Gasteiger partial charge >= 0.3 is 0 Å². The highest BCUT2D eigenvalue weighted by Gasteiger charge is 2.14. The number of aryl methyl sites for hydroxylation is 1. The molecular formula is C11H16ClN3S. The number of nitrogens with one attached hydrogen (secondary N) is 1. The Balaban J connectivity index is 1.86. The van der Waals surface area contributed by atoms with E-state index in [1.54, 1.807) is 18.0 Å². The van der Waals surface area contributed by atoms with E-state index in [4.69, 9.17) is 11.6 Å². The number of hydrogen-bond donors (Lipinski definition) is 1. The van der Waals surface area contributed by atoms with Crippen molar-refractivity contribution in [2.75, 3.05) is 18.8 Å². The van der Waals surface area contributed by atoms with Crippen LogP contribution in [0.1, 0.15) is 18.4 Å². The third kappa shape index (κ3) is 3.34. The number of hydrogen-bond acceptors (Lipinski definition) is 4. The smallest absolute Gasteiger partial charge is 0.188 e. The first-order chi connectivity index (χ1) is 7.75. The summed E-state index contributed by atoms with van der Waals surface area (Å²) in [5, 5.41) is 4.77. The topological polar surface area (TPSA) is 37.8 Å². The van der Waals surface area contributed by atoms with Crippen molar-refractivity contribution in [3.8, 4) is 0 Å². The number of rotatable bonds is 3. The van der Waals surface area contributed by atoms with Crippen LogP contribution in [0.5, 0.6) is 0 Å². The van der Waals surface area contributed by atoms with Crippen LogP contribution < -0.4 is 5.32 Å². The summed E-state index contributed by atoms with van der Waals surface area (Å²) in [7, 11) is 0. The van der Waals surface area contributed by atoms with Gasteiger partial charge in [-0.15, -0.1) is 0 Å². The van der Waals surface area contributed by atoms with Crippen molar-refractivity contribution in [3.05, 3.63) is 16.9 Å². The molecule has 3 nitrogen and oxygen atoms in total. The first-order valence-electron chi connectivity index (χ1n) is 5.58. The monoisotopic (exact) mass is 257 g/mol. The molecule has 1 aliphatic rings. The minimum absolute atomic E-state index is 0.569. The number of piperidine rings is 1. The lowest BCUT2D eigenvalue weighted by molar-refractivity contribution is 0.410. The van der Waals surface area contributed by atoms with Gasteiger partial charge in [0.15, 0.2) is 5.16 Å². The van der Waals surface area contributed by atoms with Crippen molar-refractivity contribution in [2.24, 2.45) is 5.92 Å². The van der Waals surface area contributed by atoms with E-state index in [0.29, 0.717) is 5.15 Å². The second kappa shape index (κ2) is 5.84. The molecule has 2 heterocycles. The molecule has 5 heteroatoms. The van der Waals surface area contributed by atoms with Crippen molar-refractivity contribution in [1.29, 1.82) is 0 Å². The van der Waals surface area contributed by atoms with Crippen LogP contribution in [-0.2, 0) is 0 Å². The number of nitrogens with zero attached hydrogens (tertiary/aromatic N) is 2. The Hall–Kier alpha value is -0.320. The molecular weight excluding hydrogens is 242 g/mol. The molecule has 0 amide bonds. The zero-order chi connectivity index (χ0) is 11.4. The summed E-state index contributed by atoms with van der Waals surface area (Å²) in [5.41, 5.74) is 0.936. The first-order valence-corrected chi connectivity index (χ1v) is 6.94. The number of aromatic nitrogens is 2. The summed E-state index contributed by atoms with van der Waals surface area (Å²) in [5.74, 6) is 1.81. The SMILES string of the molecule is Cc1cnc(SC[C@@H]2CCCNC2)nc1Cl. The molecule has 1 aliphatic heterocycles. The maximum absolute atomic E-state index is 5.96. The lowest BCUT2D eigenvalue weighted by Gasteiger charge is -2.21. The Morgan fingerprint density at radius 2 is 2.50 bits per heavy atom. The predicted molar refractivity (Wildman–Crippen MR) is 68.1 cm³/mol. The van der Waals surface area contributed by atoms with Crippen molar-refractivity contribution in [1.82, 2.24) is 15.3 Å². The Bertz CT molecular complexity index is 353. The summed E-state index contributed by atoms with van der Waals surface area (Å²) in [4.78, 5) is 8.52. The molecule has 0 radical (unpaired) electrons. The quantitative estimate of drug-likeness (QED) is 0.513. The fourth-order valence-corrected chi connectivity index (χ4v) is 2.87. The molecule has 1 aromatic heterocycles. The Morgan fingerprint density at radius 3 is 3.19 bits per heavy atom. The molecule has 1 aromatic rings. The molecule has 1 fully saturated rings. The van der Waals surface area contributed by atoms with Gasteiger partial charge in [0, 0.05) is 17.5 Å². The van der Waals surface area contributed by atoms with Gasteiger partial charge in [-0.05, 0) is 38.8 Å². The molecule has 0 bridgehead atoms. The normalized spacial score (nSPS) is 21.0. The van der Waals surface area contributed by atoms with Gasteiger partial charge in [0.2, 0.25) is 0 Å². The fraction of sp³-hybridized carbons (Fsp3) is 0.636. The minimum atomic E-state index is 0.569. The molecule has 1 atom stereocenters. The Kier molecular flexibility index (Phi) is 4.44. The molecule has 0 unspecified atom stereocenters. The van der Waals surface area contributed by atoms with E-state index in [2.05, 4.69) is 15.3 Å². The van der Waals surface area contributed by atoms with Crippen LogP contribution in [0.3, 0.4) is 0 Å². The average Bonchev–Trinajstić information content (AvgIpc) is 2.32. The van der Waals surface area contributed by atoms with Crippen LogP contribution in [0.15, 0.2) is 11.4 Å². The van der Waals surface area contributed by atoms with Gasteiger partial charge in [-0.1, -0.05) is 23.4 Å². The molecule has 2 rings (SSSR count). The van der Waals surface area contributed by atoms with E-state index < -0.39 is 0 Å². The summed E-state index contributed by atoms with van der Waals surface area (Å²) >= 11 is 7.66. The standard InChI is InChI=1S/C11H16ClN3S/c1-8-5-14-11(15-10(8)12)16-7-9-3-2-4-13-6-9/h5,9,13H,2-4,6-7H2,1H3/t9-/m1/s1. The fourth-order valence-electron chi connectivity index (χ4n) is 1.73. The molecule has 16 heavy (non-hydrogen) atoms. The number of thioether (sulfide) groups is 1. The second-order valence-corrected chi connectivity index (χ2v) is 5.49. The molecule has 0 spiro atoms. The van der Waals surface area contributed by atoms with E-state index in [-0.39, 0.29) is 0 Å². The van der Waals surface area contributed by atoms with Crippen LogP contribution in [0, 0.1) is 12.8 Å². The highest BCUT2D eigenvalue weighted by atomic mass is 35.5. The Morgan fingerprint density at radius 1 is 1.62 bits per heavy atom. The molecule has 1 saturated heterocycles. The van der Waals surface area contributed by atoms with Gasteiger partial charge in [0.05, 0.1) is 0 Å². The van der Waals surface area contributed by atoms with E-state index in [9.17, 15) is 0 Å². The first kappa shape index (κ1) is 12.1. The van der Waals surface area contributed by atoms with Crippen LogP contribution in [-0.4, -0.2) is 28.8 Å². The van der Waals surface area contributed by atoms with Gasteiger partial charge in [-0.25, -0.2) is 9.97 Å². The van der Waals surface area contributed by atoms with Crippen molar-refractivity contribution in [2.45, 2.75) is 24.9 Å². The highest BCUT2D eigenvalue weighted by molar-refractivity contribution is 7.99. The molecule has 0 saturated carbocycles. The van der Waals surface area contributed by atoms with Crippen LogP contribution in [0.4, 0.5) is 0 Å². The van der Waals surface area contributed by atoms with Gasteiger partial charge in [0.1, 0.15) is 5.15 Å². The lowest BCUT2D eigenvalue weighted by atomic mass is 10.0. The van der Waals surface area contributed by atoms with Crippen molar-refractivity contribution >= 4 is 23.4 Å². The van der Waals surface area contributed by atoms with Gasteiger partial charge in [-0.2, -0.15) is 0 Å². The van der Waals surface area contributed by atoms with E-state index in [1.165, 1.54) is 12.8 Å². The zero-order valence-corrected chi connectivity index (χ0v) is 10.9. The summed E-state index contributed by atoms with van der Waals surface area (Å²) in [6, 6.07) is 0. The summed E-state index contributed by atoms with van der Waals surface area (Å²) < 4.78 is 0. The Labute approximate surface area is 105 Å². The molecule has 1 N–H and O–H groups in total. The minimum Gasteiger partial charge on any atom is -0.316 e. The summed E-state index contributed by atoms with van der Waals surface area (Å²) in [6.07, 6.45) is 4.37. The van der Waals surface area contributed by atoms with Gasteiger partial charge in [-0.3, -0.25) is 0 Å². The molecule has 0 aromatic carbocycles. The predicted octanol–water partition coefficient (Wildman–Crippen LogP) is 2.53. The van der Waals surface area contributed by atoms with E-state index >= 15 is 0 Å². The van der Waals surface area contributed by atoms with Crippen LogP contribution in [0.25, 0.3) is 0 Å². The van der Waals surface area contributed by atoms with Crippen LogP contribution in [0.2, 0.25) is 5.15 Å². The second-order valence-electron chi connectivity index (χ2n) is 4.15. The van der Waals surface area contributed by atoms with E-state index in [1.807, 2.05) is 6.92 Å². The van der Waals surface area contributed by atoms with Crippen molar-refractivity contribution in [3.63, 3.8) is 0 Å². The van der Waals surface area contributed by atoms with E-state index in [0.717, 1.165) is 35.5 Å². The molecule has 88 valence electrons. The third-order valence-corrected chi connectivity index (χ3v) is 4.21. The molecule has 0 aliphatic carbocycles. The van der Waals surface area contributed by atoms with Crippen molar-refractivity contribution < 1.29 is 0 Å². The largest absolute Gasteiger partial charge is 0.316 e. The average molecular weight is 258 g/mol. The third-order valence-electron chi connectivity index (χ3n) is 2.73. The van der Waals surface area contributed by atoms with Gasteiger partial charge in [0.25, 0.3) is 0 Å². The lowest BCUT2D eigenvalue weighted by Crippen LogP contribution is -2.30. The van der Waals surface area contributed by atoms with Gasteiger partial charge < -0.3 is 5.32 Å². The maximum Gasteiger partial charge on any atom is 0.188 e. The van der Waals surface area contributed by atoms with Crippen LogP contribution >= 0.6 is 23.4 Å². The summed E-state index contributed by atoms with van der Waals surface area (Å²) in [6.45, 7) is 4.20.